The fourth-order valence-corrected chi connectivity index (χ4v) is 2.92. The van der Waals surface area contributed by atoms with Crippen molar-refractivity contribution in [2.75, 3.05) is 32.8 Å². The minimum Gasteiger partial charge on any atom is -0.492 e. The Morgan fingerprint density at radius 3 is 2.46 bits per heavy atom. The molecule has 0 bridgehead atoms. The summed E-state index contributed by atoms with van der Waals surface area (Å²) in [5, 5.41) is 9.60. The number of piperazine rings is 1. The fraction of sp³-hybridized carbons (Fsp3) is 0.333. The second-order valence-corrected chi connectivity index (χ2v) is 5.83. The smallest absolute Gasteiger partial charge is 0.226 e. The van der Waals surface area contributed by atoms with Gasteiger partial charge in [-0.25, -0.2) is 0 Å². The zero-order valence-corrected chi connectivity index (χ0v) is 13.6. The lowest BCUT2D eigenvalue weighted by atomic mass is 10.1. The first-order valence-electron chi connectivity index (χ1n) is 8.12. The third-order valence-electron chi connectivity index (χ3n) is 4.30. The number of fused-ring (bicyclic) bond motifs is 1. The number of ether oxygens (including phenoxy) is 1. The highest BCUT2D eigenvalue weighted by Gasteiger charge is 2.21. The van der Waals surface area contributed by atoms with Crippen LogP contribution in [0.3, 0.4) is 0 Å². The third-order valence-corrected chi connectivity index (χ3v) is 4.30. The number of carbonyl (C=O) groups excluding carboxylic acids is 1. The zero-order chi connectivity index (χ0) is 16.9. The van der Waals surface area contributed by atoms with Crippen LogP contribution in [0.1, 0.15) is 6.42 Å². The standard InChI is InChI=1S/C18H22N4O2/c19-18(20)22-11-9-21(10-12-22)17(23)8-13-24-16-7-3-5-14-4-1-2-6-15(14)16/h1-7H,8-13H2,(H3,19,20). The van der Waals surface area contributed by atoms with E-state index in [9.17, 15) is 4.79 Å². The Kier molecular flexibility index (Phi) is 4.84. The zero-order valence-electron chi connectivity index (χ0n) is 13.6. The molecule has 6 nitrogen and oxygen atoms in total. The molecule has 1 amide bonds. The van der Waals surface area contributed by atoms with Gasteiger partial charge in [0.1, 0.15) is 5.75 Å². The van der Waals surface area contributed by atoms with E-state index in [1.54, 1.807) is 4.90 Å². The predicted molar refractivity (Wildman–Crippen MR) is 94.1 cm³/mol. The number of nitrogens with one attached hydrogen (secondary N) is 1. The maximum atomic E-state index is 12.3. The highest BCUT2D eigenvalue weighted by molar-refractivity contribution is 5.88. The Hall–Kier alpha value is -2.76. The van der Waals surface area contributed by atoms with E-state index >= 15 is 0 Å². The van der Waals surface area contributed by atoms with E-state index in [0.717, 1.165) is 16.5 Å². The van der Waals surface area contributed by atoms with E-state index in [-0.39, 0.29) is 11.9 Å². The molecule has 3 rings (SSSR count). The van der Waals surface area contributed by atoms with Gasteiger partial charge in [-0.05, 0) is 11.5 Å². The van der Waals surface area contributed by atoms with Crippen LogP contribution in [0.5, 0.6) is 5.75 Å². The minimum atomic E-state index is 0.0707. The van der Waals surface area contributed by atoms with Gasteiger partial charge in [0.05, 0.1) is 13.0 Å². The Labute approximate surface area is 141 Å². The number of rotatable bonds is 4. The largest absolute Gasteiger partial charge is 0.492 e. The molecule has 0 unspecified atom stereocenters. The Bertz CT molecular complexity index is 733. The number of amides is 1. The van der Waals surface area contributed by atoms with Gasteiger partial charge in [0.15, 0.2) is 5.96 Å². The molecule has 1 fully saturated rings. The fourth-order valence-electron chi connectivity index (χ4n) is 2.92. The molecule has 6 heteroatoms. The van der Waals surface area contributed by atoms with Crippen LogP contribution in [0.2, 0.25) is 0 Å². The summed E-state index contributed by atoms with van der Waals surface area (Å²) in [5.41, 5.74) is 5.46. The van der Waals surface area contributed by atoms with Crippen molar-refractivity contribution in [2.24, 2.45) is 5.73 Å². The summed E-state index contributed by atoms with van der Waals surface area (Å²) in [6.45, 7) is 2.80. The molecule has 1 heterocycles. The second kappa shape index (κ2) is 7.21. The van der Waals surface area contributed by atoms with Crippen LogP contribution in [0.4, 0.5) is 0 Å². The van der Waals surface area contributed by atoms with Gasteiger partial charge in [-0.1, -0.05) is 36.4 Å². The summed E-state index contributed by atoms with van der Waals surface area (Å²) in [7, 11) is 0. The number of guanidine groups is 1. The van der Waals surface area contributed by atoms with Crippen molar-refractivity contribution >= 4 is 22.6 Å². The first kappa shape index (κ1) is 16.1. The first-order valence-corrected chi connectivity index (χ1v) is 8.12. The Morgan fingerprint density at radius 2 is 1.71 bits per heavy atom. The number of nitrogens with two attached hydrogens (primary N) is 1. The number of hydrogen-bond acceptors (Lipinski definition) is 3. The minimum absolute atomic E-state index is 0.0707. The second-order valence-electron chi connectivity index (χ2n) is 5.83. The van der Waals surface area contributed by atoms with Crippen molar-refractivity contribution in [3.05, 3.63) is 42.5 Å². The average Bonchev–Trinajstić information content (AvgIpc) is 2.62. The molecule has 1 saturated heterocycles. The lowest BCUT2D eigenvalue weighted by molar-refractivity contribution is -0.133. The van der Waals surface area contributed by atoms with Crippen molar-refractivity contribution in [2.45, 2.75) is 6.42 Å². The van der Waals surface area contributed by atoms with Crippen LogP contribution in [0.15, 0.2) is 42.5 Å². The summed E-state index contributed by atoms with van der Waals surface area (Å²) < 4.78 is 5.83. The van der Waals surface area contributed by atoms with E-state index in [0.29, 0.717) is 39.2 Å². The van der Waals surface area contributed by atoms with Crippen LogP contribution in [-0.4, -0.2) is 54.5 Å². The molecule has 126 valence electrons. The summed E-state index contributed by atoms with van der Waals surface area (Å²) in [6, 6.07) is 14.0. The van der Waals surface area contributed by atoms with Crippen molar-refractivity contribution in [3.63, 3.8) is 0 Å². The highest BCUT2D eigenvalue weighted by Crippen LogP contribution is 2.25. The molecular weight excluding hydrogens is 304 g/mol. The summed E-state index contributed by atoms with van der Waals surface area (Å²) >= 11 is 0. The van der Waals surface area contributed by atoms with E-state index in [4.69, 9.17) is 15.9 Å². The van der Waals surface area contributed by atoms with Crippen molar-refractivity contribution in [1.82, 2.24) is 9.80 Å². The monoisotopic (exact) mass is 326 g/mol. The van der Waals surface area contributed by atoms with Crippen LogP contribution in [0, 0.1) is 5.41 Å². The number of nitrogens with zero attached hydrogens (tertiary/aromatic N) is 2. The molecule has 0 spiro atoms. The summed E-state index contributed by atoms with van der Waals surface area (Å²) in [6.07, 6.45) is 0.350. The third kappa shape index (κ3) is 3.59. The molecule has 0 saturated carbocycles. The number of benzene rings is 2. The quantitative estimate of drug-likeness (QED) is 0.661. The van der Waals surface area contributed by atoms with Crippen molar-refractivity contribution in [3.8, 4) is 5.75 Å². The molecule has 24 heavy (non-hydrogen) atoms. The molecule has 0 radical (unpaired) electrons. The molecule has 1 aliphatic rings. The van der Waals surface area contributed by atoms with Crippen LogP contribution < -0.4 is 10.5 Å². The van der Waals surface area contributed by atoms with Crippen LogP contribution in [-0.2, 0) is 4.79 Å². The normalized spacial score (nSPS) is 14.7. The van der Waals surface area contributed by atoms with Gasteiger partial charge in [0.25, 0.3) is 0 Å². The predicted octanol–water partition coefficient (Wildman–Crippen LogP) is 1.65. The van der Waals surface area contributed by atoms with Gasteiger partial charge in [-0.2, -0.15) is 0 Å². The maximum absolute atomic E-state index is 12.3. The van der Waals surface area contributed by atoms with Gasteiger partial charge in [-0.15, -0.1) is 0 Å². The first-order chi connectivity index (χ1) is 11.6. The molecule has 3 N–H and O–H groups in total. The maximum Gasteiger partial charge on any atom is 0.226 e. The Balaban J connectivity index is 1.51. The van der Waals surface area contributed by atoms with Gasteiger partial charge in [0, 0.05) is 31.6 Å². The molecule has 2 aromatic carbocycles. The van der Waals surface area contributed by atoms with Crippen molar-refractivity contribution in [1.29, 1.82) is 5.41 Å². The van der Waals surface area contributed by atoms with Crippen molar-refractivity contribution < 1.29 is 9.53 Å². The number of hydrogen-bond donors (Lipinski definition) is 2. The van der Waals surface area contributed by atoms with Gasteiger partial charge in [0.2, 0.25) is 5.91 Å². The SMILES string of the molecule is N=C(N)N1CCN(C(=O)CCOc2cccc3ccccc23)CC1. The van der Waals surface area contributed by atoms with E-state index in [2.05, 4.69) is 0 Å². The summed E-state index contributed by atoms with van der Waals surface area (Å²) in [5.74, 6) is 0.960. The van der Waals surface area contributed by atoms with Crippen LogP contribution >= 0.6 is 0 Å². The molecule has 0 aliphatic carbocycles. The van der Waals surface area contributed by atoms with E-state index in [1.807, 2.05) is 47.4 Å². The van der Waals surface area contributed by atoms with E-state index < -0.39 is 0 Å². The Morgan fingerprint density at radius 1 is 1.04 bits per heavy atom. The molecular formula is C18H22N4O2. The van der Waals surface area contributed by atoms with Crippen LogP contribution in [0.25, 0.3) is 10.8 Å². The molecule has 0 aromatic heterocycles. The van der Waals surface area contributed by atoms with Gasteiger partial charge >= 0.3 is 0 Å². The van der Waals surface area contributed by atoms with E-state index in [1.165, 1.54) is 0 Å². The highest BCUT2D eigenvalue weighted by atomic mass is 16.5. The molecule has 0 atom stereocenters. The lowest BCUT2D eigenvalue weighted by Gasteiger charge is -2.34. The van der Waals surface area contributed by atoms with Gasteiger partial charge < -0.3 is 20.3 Å². The lowest BCUT2D eigenvalue weighted by Crippen LogP contribution is -2.52. The van der Waals surface area contributed by atoms with Gasteiger partial charge in [-0.3, -0.25) is 10.2 Å². The molecule has 2 aromatic rings. The molecule has 1 aliphatic heterocycles. The topological polar surface area (TPSA) is 82.7 Å². The average molecular weight is 326 g/mol. The summed E-state index contributed by atoms with van der Waals surface area (Å²) in [4.78, 5) is 15.9. The number of carbonyl (C=O) groups is 1.